The minimum absolute atomic E-state index is 0.133. The number of anilines is 1. The molecule has 3 aromatic carbocycles. The Morgan fingerprint density at radius 2 is 1.66 bits per heavy atom. The molecule has 0 unspecified atom stereocenters. The molecule has 1 aliphatic rings. The number of aromatic hydroxyl groups is 1. The molecule has 178 valence electrons. The van der Waals surface area contributed by atoms with Gasteiger partial charge in [-0.25, -0.2) is 9.97 Å². The Hall–Kier alpha value is -3.97. The highest BCUT2D eigenvalue weighted by molar-refractivity contribution is 5.92. The van der Waals surface area contributed by atoms with Crippen LogP contribution in [0.5, 0.6) is 5.75 Å². The smallest absolute Gasteiger partial charge is 0.251 e. The predicted octanol–water partition coefficient (Wildman–Crippen LogP) is 3.56. The fourth-order valence-electron chi connectivity index (χ4n) is 4.52. The number of phenolic OH excluding ortho intramolecular Hbond substituents is 1. The van der Waals surface area contributed by atoms with Gasteiger partial charge in [-0.15, -0.1) is 0 Å². The van der Waals surface area contributed by atoms with Crippen LogP contribution in [0.1, 0.15) is 11.1 Å². The Bertz CT molecular complexity index is 1350. The third kappa shape index (κ3) is 4.81. The Morgan fingerprint density at radius 3 is 2.40 bits per heavy atom. The Kier molecular flexibility index (Phi) is 6.33. The Labute approximate surface area is 204 Å². The lowest BCUT2D eigenvalue weighted by molar-refractivity contribution is -0.140. The van der Waals surface area contributed by atoms with Crippen molar-refractivity contribution in [1.82, 2.24) is 14.9 Å². The molecule has 0 radical (unpaired) electrons. The number of amides is 1. The van der Waals surface area contributed by atoms with Crippen molar-refractivity contribution in [3.05, 3.63) is 83.9 Å². The fraction of sp³-hybridized carbons (Fsp3) is 0.250. The van der Waals surface area contributed by atoms with E-state index in [4.69, 9.17) is 9.97 Å². The SMILES string of the molecule is Cc1ccc2c(N3CCN(C(=O)[C@H](O)Cc4ccccc4)CC3)nc(-c3ccccc3O)nc2c1. The van der Waals surface area contributed by atoms with Gasteiger partial charge >= 0.3 is 0 Å². The maximum atomic E-state index is 12.9. The number of aliphatic hydroxyl groups is 1. The van der Waals surface area contributed by atoms with E-state index in [0.29, 0.717) is 44.0 Å². The van der Waals surface area contributed by atoms with Gasteiger partial charge < -0.3 is 20.0 Å². The summed E-state index contributed by atoms with van der Waals surface area (Å²) in [6.07, 6.45) is -0.751. The lowest BCUT2D eigenvalue weighted by Gasteiger charge is -2.36. The number of hydrogen-bond donors (Lipinski definition) is 2. The molecule has 0 spiro atoms. The summed E-state index contributed by atoms with van der Waals surface area (Å²) in [5.74, 6) is 1.14. The summed E-state index contributed by atoms with van der Waals surface area (Å²) in [5, 5.41) is 21.8. The van der Waals surface area contributed by atoms with Gasteiger partial charge in [-0.05, 0) is 42.3 Å². The average molecular weight is 469 g/mol. The molecular formula is C28H28N4O3. The fourth-order valence-corrected chi connectivity index (χ4v) is 4.52. The number of fused-ring (bicyclic) bond motifs is 1. The molecule has 1 aromatic heterocycles. The minimum atomic E-state index is -1.06. The van der Waals surface area contributed by atoms with E-state index in [9.17, 15) is 15.0 Å². The Morgan fingerprint density at radius 1 is 0.943 bits per heavy atom. The molecule has 7 heteroatoms. The highest BCUT2D eigenvalue weighted by atomic mass is 16.3. The van der Waals surface area contributed by atoms with E-state index in [1.165, 1.54) is 0 Å². The summed E-state index contributed by atoms with van der Waals surface area (Å²) < 4.78 is 0. The summed E-state index contributed by atoms with van der Waals surface area (Å²) in [4.78, 5) is 26.3. The quantitative estimate of drug-likeness (QED) is 0.466. The zero-order valence-corrected chi connectivity index (χ0v) is 19.6. The first-order valence-corrected chi connectivity index (χ1v) is 11.8. The van der Waals surface area contributed by atoms with Crippen LogP contribution < -0.4 is 4.90 Å². The van der Waals surface area contributed by atoms with Crippen LogP contribution in [0.2, 0.25) is 0 Å². The molecule has 7 nitrogen and oxygen atoms in total. The average Bonchev–Trinajstić information content (AvgIpc) is 2.88. The monoisotopic (exact) mass is 468 g/mol. The highest BCUT2D eigenvalue weighted by Crippen LogP contribution is 2.32. The third-order valence-electron chi connectivity index (χ3n) is 6.43. The summed E-state index contributed by atoms with van der Waals surface area (Å²) in [5.41, 5.74) is 3.42. The molecule has 1 fully saturated rings. The second-order valence-corrected chi connectivity index (χ2v) is 8.93. The van der Waals surface area contributed by atoms with Gasteiger partial charge in [-0.3, -0.25) is 4.79 Å². The zero-order valence-electron chi connectivity index (χ0n) is 19.6. The van der Waals surface area contributed by atoms with Gasteiger partial charge in [0.1, 0.15) is 17.7 Å². The number of para-hydroxylation sites is 1. The molecule has 0 saturated carbocycles. The standard InChI is InChI=1S/C28H28N4O3/c1-19-11-12-21-23(17-19)29-26(22-9-5-6-10-24(22)33)30-27(21)31-13-15-32(16-14-31)28(35)25(34)18-20-7-3-2-4-8-20/h2-12,17,25,33-34H,13-16,18H2,1H3/t25-/m1/s1. The van der Waals surface area contributed by atoms with Crippen molar-refractivity contribution in [3.63, 3.8) is 0 Å². The van der Waals surface area contributed by atoms with E-state index in [2.05, 4.69) is 4.90 Å². The minimum Gasteiger partial charge on any atom is -0.507 e. The van der Waals surface area contributed by atoms with Crippen molar-refractivity contribution in [2.75, 3.05) is 31.1 Å². The van der Waals surface area contributed by atoms with Crippen LogP contribution in [-0.2, 0) is 11.2 Å². The van der Waals surface area contributed by atoms with E-state index in [1.807, 2.05) is 61.5 Å². The molecule has 1 saturated heterocycles. The number of carbonyl (C=O) groups excluding carboxylic acids is 1. The first-order chi connectivity index (χ1) is 17.0. The molecule has 2 heterocycles. The van der Waals surface area contributed by atoms with Gasteiger partial charge in [-0.2, -0.15) is 0 Å². The zero-order chi connectivity index (χ0) is 24.4. The number of nitrogens with zero attached hydrogens (tertiary/aromatic N) is 4. The molecular weight excluding hydrogens is 440 g/mol. The summed E-state index contributed by atoms with van der Waals surface area (Å²) in [7, 11) is 0. The number of hydrogen-bond acceptors (Lipinski definition) is 6. The number of aryl methyl sites for hydroxylation is 1. The third-order valence-corrected chi connectivity index (χ3v) is 6.43. The van der Waals surface area contributed by atoms with Crippen LogP contribution in [0.15, 0.2) is 72.8 Å². The van der Waals surface area contributed by atoms with Gasteiger partial charge in [0.2, 0.25) is 0 Å². The number of carbonyl (C=O) groups is 1. The first kappa shape index (κ1) is 22.8. The molecule has 35 heavy (non-hydrogen) atoms. The predicted molar refractivity (Wildman–Crippen MR) is 136 cm³/mol. The van der Waals surface area contributed by atoms with Gasteiger partial charge in [0.05, 0.1) is 11.1 Å². The van der Waals surface area contributed by atoms with Gasteiger partial charge in [0.15, 0.2) is 5.82 Å². The number of phenols is 1. The summed E-state index contributed by atoms with van der Waals surface area (Å²) in [6.45, 7) is 4.18. The molecule has 0 aliphatic carbocycles. The topological polar surface area (TPSA) is 89.8 Å². The second-order valence-electron chi connectivity index (χ2n) is 8.93. The lowest BCUT2D eigenvalue weighted by Crippen LogP contribution is -2.52. The van der Waals surface area contributed by atoms with Crippen LogP contribution in [0.4, 0.5) is 5.82 Å². The van der Waals surface area contributed by atoms with Crippen LogP contribution in [0, 0.1) is 6.92 Å². The van der Waals surface area contributed by atoms with Crippen molar-refractivity contribution in [3.8, 4) is 17.1 Å². The molecule has 4 aromatic rings. The van der Waals surface area contributed by atoms with E-state index >= 15 is 0 Å². The van der Waals surface area contributed by atoms with Crippen molar-refractivity contribution in [2.45, 2.75) is 19.4 Å². The van der Waals surface area contributed by atoms with Crippen LogP contribution in [-0.4, -0.2) is 63.3 Å². The Balaban J connectivity index is 1.37. The van der Waals surface area contributed by atoms with E-state index in [0.717, 1.165) is 27.8 Å². The van der Waals surface area contributed by atoms with Crippen LogP contribution in [0.25, 0.3) is 22.3 Å². The largest absolute Gasteiger partial charge is 0.507 e. The van der Waals surface area contributed by atoms with Gasteiger partial charge in [0, 0.05) is 38.0 Å². The number of rotatable bonds is 5. The van der Waals surface area contributed by atoms with Crippen molar-refractivity contribution in [1.29, 1.82) is 0 Å². The number of benzene rings is 3. The number of aliphatic hydroxyl groups excluding tert-OH is 1. The van der Waals surface area contributed by atoms with Crippen molar-refractivity contribution in [2.24, 2.45) is 0 Å². The maximum Gasteiger partial charge on any atom is 0.251 e. The highest BCUT2D eigenvalue weighted by Gasteiger charge is 2.28. The number of aromatic nitrogens is 2. The molecule has 2 N–H and O–H groups in total. The molecule has 1 aliphatic heterocycles. The molecule has 1 amide bonds. The number of piperazine rings is 1. The summed E-state index contributed by atoms with van der Waals surface area (Å²) in [6, 6.07) is 22.7. The van der Waals surface area contributed by atoms with E-state index in [1.54, 1.807) is 23.1 Å². The molecule has 0 bridgehead atoms. The summed E-state index contributed by atoms with van der Waals surface area (Å²) >= 11 is 0. The van der Waals surface area contributed by atoms with E-state index in [-0.39, 0.29) is 11.7 Å². The molecule has 1 atom stereocenters. The van der Waals surface area contributed by atoms with Crippen molar-refractivity contribution < 1.29 is 15.0 Å². The second kappa shape index (κ2) is 9.72. The normalized spacial score (nSPS) is 14.8. The molecule has 5 rings (SSSR count). The van der Waals surface area contributed by atoms with Crippen molar-refractivity contribution >= 4 is 22.6 Å². The first-order valence-electron chi connectivity index (χ1n) is 11.8. The van der Waals surface area contributed by atoms with E-state index < -0.39 is 6.10 Å². The van der Waals surface area contributed by atoms with Gasteiger partial charge in [-0.1, -0.05) is 48.5 Å². The lowest BCUT2D eigenvalue weighted by atomic mass is 10.1. The van der Waals surface area contributed by atoms with Crippen LogP contribution in [0.3, 0.4) is 0 Å². The van der Waals surface area contributed by atoms with Crippen LogP contribution >= 0.6 is 0 Å². The van der Waals surface area contributed by atoms with Gasteiger partial charge in [0.25, 0.3) is 5.91 Å². The maximum absolute atomic E-state index is 12.9.